The molecule has 0 radical (unpaired) electrons. The fraction of sp³-hybridized carbons (Fsp3) is 0.429. The number of benzene rings is 1. The lowest BCUT2D eigenvalue weighted by atomic mass is 9.84. The van der Waals surface area contributed by atoms with Crippen LogP contribution in [0, 0.1) is 0 Å². The summed E-state index contributed by atoms with van der Waals surface area (Å²) in [5.74, 6) is 0. The Bertz CT molecular complexity index is 829. The number of halogens is 2. The van der Waals surface area contributed by atoms with Crippen molar-refractivity contribution in [3.63, 3.8) is 0 Å². The van der Waals surface area contributed by atoms with Crippen LogP contribution >= 0.6 is 46.5 Å². The molecule has 0 bridgehead atoms. The summed E-state index contributed by atoms with van der Waals surface area (Å²) in [6, 6.07) is 9.66. The number of hydrogen-bond acceptors (Lipinski definition) is 5. The largest absolute Gasteiger partial charge is 0.385 e. The summed E-state index contributed by atoms with van der Waals surface area (Å²) in [6.45, 7) is 4.01. The third kappa shape index (κ3) is 4.89. The van der Waals surface area contributed by atoms with Crippen LogP contribution in [-0.4, -0.2) is 40.5 Å². The van der Waals surface area contributed by atoms with Gasteiger partial charge in [0, 0.05) is 36.4 Å². The lowest BCUT2D eigenvalue weighted by Crippen LogP contribution is -2.42. The number of rotatable bonds is 6. The number of unbranched alkanes of at least 4 members (excludes halogenated alkanes) is 1. The Kier molecular flexibility index (Phi) is 6.60. The van der Waals surface area contributed by atoms with E-state index < -0.39 is 5.60 Å². The Balaban J connectivity index is 1.17. The quantitative estimate of drug-likeness (QED) is 0.420. The van der Waals surface area contributed by atoms with E-state index in [1.54, 1.807) is 23.3 Å². The second-order valence-corrected chi connectivity index (χ2v) is 10.9. The minimum Gasteiger partial charge on any atom is -0.385 e. The van der Waals surface area contributed by atoms with Crippen molar-refractivity contribution >= 4 is 52.6 Å². The Hall–Kier alpha value is -0.690. The maximum absolute atomic E-state index is 11.0. The van der Waals surface area contributed by atoms with Crippen LogP contribution in [0.25, 0.3) is 6.08 Å². The molecule has 0 amide bonds. The molecule has 1 aromatic carbocycles. The number of piperidine rings is 1. The average molecular weight is 455 g/mol. The summed E-state index contributed by atoms with van der Waals surface area (Å²) >= 11 is 15.5. The van der Waals surface area contributed by atoms with Gasteiger partial charge in [-0.3, -0.25) is 0 Å². The molecule has 1 aromatic heterocycles. The maximum Gasteiger partial charge on any atom is 0.0947 e. The number of aliphatic hydroxyl groups is 1. The Morgan fingerprint density at radius 3 is 2.50 bits per heavy atom. The normalized spacial score (nSPS) is 19.0. The Morgan fingerprint density at radius 2 is 1.75 bits per heavy atom. The Labute approximate surface area is 185 Å². The number of likely N-dealkylation sites (tertiary alicyclic amines) is 1. The first-order valence-electron chi connectivity index (χ1n) is 9.65. The lowest BCUT2D eigenvalue weighted by Gasteiger charge is -2.38. The van der Waals surface area contributed by atoms with Crippen LogP contribution in [0.1, 0.15) is 36.8 Å². The summed E-state index contributed by atoms with van der Waals surface area (Å²) < 4.78 is 4.43. The van der Waals surface area contributed by atoms with Crippen molar-refractivity contribution in [3.8, 4) is 0 Å². The molecular formula is C21H24Cl2N2OS2. The average Bonchev–Trinajstić information content (AvgIpc) is 3.06. The second kappa shape index (κ2) is 8.99. The number of hydrogen-bond donors (Lipinski definition) is 1. The monoisotopic (exact) mass is 454 g/mol. The van der Waals surface area contributed by atoms with Gasteiger partial charge in [-0.1, -0.05) is 35.3 Å². The molecule has 3 heterocycles. The van der Waals surface area contributed by atoms with Gasteiger partial charge in [-0.05, 0) is 74.0 Å². The number of nitrogens with zero attached hydrogens (tertiary/aromatic N) is 2. The van der Waals surface area contributed by atoms with Crippen molar-refractivity contribution in [2.75, 3.05) is 26.2 Å². The van der Waals surface area contributed by atoms with Gasteiger partial charge >= 0.3 is 0 Å². The summed E-state index contributed by atoms with van der Waals surface area (Å²) in [5.41, 5.74) is 1.51. The van der Waals surface area contributed by atoms with Crippen molar-refractivity contribution in [1.29, 1.82) is 0 Å². The third-order valence-electron chi connectivity index (χ3n) is 5.48. The zero-order valence-corrected chi connectivity index (χ0v) is 18.8. The molecule has 0 spiro atoms. The molecule has 2 aromatic rings. The van der Waals surface area contributed by atoms with Crippen LogP contribution in [0.2, 0.25) is 9.36 Å². The van der Waals surface area contributed by atoms with Crippen LogP contribution in [-0.2, 0) is 5.60 Å². The van der Waals surface area contributed by atoms with Gasteiger partial charge in [0.1, 0.15) is 0 Å². The van der Waals surface area contributed by atoms with E-state index in [9.17, 15) is 5.11 Å². The van der Waals surface area contributed by atoms with E-state index in [0.717, 1.165) is 55.3 Å². The van der Waals surface area contributed by atoms with Crippen molar-refractivity contribution in [1.82, 2.24) is 9.21 Å². The van der Waals surface area contributed by atoms with Gasteiger partial charge in [0.2, 0.25) is 0 Å². The molecule has 1 saturated heterocycles. The predicted octanol–water partition coefficient (Wildman–Crippen LogP) is 6.11. The standard InChI is InChI=1S/C21H24Cl2N2OS2/c22-18-5-3-17(4-6-18)21(26)8-13-24(14-9-21)10-1-2-11-25-12-7-16-15-19(23)27-20(16)28-25/h3-7,12,15,26H,1-2,8-11,13-14H2. The van der Waals surface area contributed by atoms with Gasteiger partial charge in [-0.2, -0.15) is 0 Å². The van der Waals surface area contributed by atoms with E-state index in [2.05, 4.69) is 21.5 Å². The molecular weight excluding hydrogens is 431 g/mol. The molecule has 1 fully saturated rings. The van der Waals surface area contributed by atoms with Gasteiger partial charge in [0.25, 0.3) is 0 Å². The second-order valence-electron chi connectivity index (χ2n) is 7.43. The van der Waals surface area contributed by atoms with E-state index in [1.165, 1.54) is 16.2 Å². The zero-order chi connectivity index (χ0) is 19.6. The maximum atomic E-state index is 11.0. The summed E-state index contributed by atoms with van der Waals surface area (Å²) in [4.78, 5) is 2.47. The first-order chi connectivity index (χ1) is 13.5. The van der Waals surface area contributed by atoms with E-state index >= 15 is 0 Å². The van der Waals surface area contributed by atoms with Gasteiger partial charge < -0.3 is 14.3 Å². The first-order valence-corrected chi connectivity index (χ1v) is 12.0. The highest BCUT2D eigenvalue weighted by Gasteiger charge is 2.33. The molecule has 2 aliphatic rings. The van der Waals surface area contributed by atoms with Gasteiger partial charge in [-0.25, -0.2) is 0 Å². The van der Waals surface area contributed by atoms with Crippen molar-refractivity contribution in [3.05, 3.63) is 57.0 Å². The smallest absolute Gasteiger partial charge is 0.0947 e. The molecule has 28 heavy (non-hydrogen) atoms. The van der Waals surface area contributed by atoms with Gasteiger partial charge in [-0.15, -0.1) is 11.3 Å². The summed E-state index contributed by atoms with van der Waals surface area (Å²) in [7, 11) is 0. The molecule has 2 aliphatic heterocycles. The van der Waals surface area contributed by atoms with Crippen LogP contribution in [0.5, 0.6) is 0 Å². The highest BCUT2D eigenvalue weighted by atomic mass is 35.5. The molecule has 150 valence electrons. The summed E-state index contributed by atoms with van der Waals surface area (Å²) in [5, 5.41) is 11.7. The molecule has 0 unspecified atom stereocenters. The fourth-order valence-corrected chi connectivity index (χ4v) is 6.48. The summed E-state index contributed by atoms with van der Waals surface area (Å²) in [6.07, 6.45) is 8.19. The van der Waals surface area contributed by atoms with E-state index in [4.69, 9.17) is 23.2 Å². The van der Waals surface area contributed by atoms with Crippen molar-refractivity contribution in [2.45, 2.75) is 35.5 Å². The minimum absolute atomic E-state index is 0.712. The lowest BCUT2D eigenvalue weighted by molar-refractivity contribution is -0.0261. The SMILES string of the molecule is OC1(c2ccc(Cl)cc2)CCN(CCCCN2C=Cc3cc(Cl)sc3S2)CC1. The topological polar surface area (TPSA) is 26.7 Å². The molecule has 0 atom stereocenters. The van der Waals surface area contributed by atoms with Crippen LogP contribution in [0.3, 0.4) is 0 Å². The van der Waals surface area contributed by atoms with E-state index in [-0.39, 0.29) is 0 Å². The van der Waals surface area contributed by atoms with Crippen LogP contribution < -0.4 is 0 Å². The van der Waals surface area contributed by atoms with Gasteiger partial charge in [0.05, 0.1) is 14.1 Å². The zero-order valence-electron chi connectivity index (χ0n) is 15.6. The molecule has 1 N–H and O–H groups in total. The predicted molar refractivity (Wildman–Crippen MR) is 121 cm³/mol. The highest BCUT2D eigenvalue weighted by Crippen LogP contribution is 2.40. The van der Waals surface area contributed by atoms with Crippen LogP contribution in [0.4, 0.5) is 0 Å². The molecule has 7 heteroatoms. The number of thiophene rings is 1. The number of fused-ring (bicyclic) bond motifs is 1. The Morgan fingerprint density at radius 1 is 1.04 bits per heavy atom. The van der Waals surface area contributed by atoms with E-state index in [1.807, 2.05) is 30.3 Å². The fourth-order valence-electron chi connectivity index (χ4n) is 3.76. The van der Waals surface area contributed by atoms with E-state index in [0.29, 0.717) is 5.02 Å². The minimum atomic E-state index is -0.712. The molecule has 0 saturated carbocycles. The molecule has 4 rings (SSSR count). The van der Waals surface area contributed by atoms with Crippen molar-refractivity contribution < 1.29 is 5.11 Å². The molecule has 3 nitrogen and oxygen atoms in total. The van der Waals surface area contributed by atoms with Crippen molar-refractivity contribution in [2.24, 2.45) is 0 Å². The first kappa shape index (κ1) is 20.6. The third-order valence-corrected chi connectivity index (χ3v) is 8.22. The van der Waals surface area contributed by atoms with Gasteiger partial charge in [0.15, 0.2) is 0 Å². The molecule has 0 aliphatic carbocycles. The highest BCUT2D eigenvalue weighted by molar-refractivity contribution is 7.99. The van der Waals surface area contributed by atoms with Crippen LogP contribution in [0.15, 0.2) is 40.7 Å².